The molecule has 1 amide bonds. The summed E-state index contributed by atoms with van der Waals surface area (Å²) in [6.07, 6.45) is 1.52. The van der Waals surface area contributed by atoms with E-state index < -0.39 is 0 Å². The van der Waals surface area contributed by atoms with E-state index in [1.165, 1.54) is 0 Å². The van der Waals surface area contributed by atoms with Gasteiger partial charge < -0.3 is 15.4 Å². The van der Waals surface area contributed by atoms with Crippen LogP contribution in [0, 0.1) is 0 Å². The van der Waals surface area contributed by atoms with Gasteiger partial charge in [-0.15, -0.1) is 0 Å². The van der Waals surface area contributed by atoms with Gasteiger partial charge in [0.2, 0.25) is 5.91 Å². The van der Waals surface area contributed by atoms with Crippen LogP contribution in [0.3, 0.4) is 0 Å². The molecule has 5 nitrogen and oxygen atoms in total. The lowest BCUT2D eigenvalue weighted by atomic mass is 9.99. The van der Waals surface area contributed by atoms with E-state index in [9.17, 15) is 4.79 Å². The van der Waals surface area contributed by atoms with Crippen LogP contribution < -0.4 is 10.2 Å². The number of carbonyl (C=O) groups is 1. The molecular weight excluding hydrogens is 266 g/mol. The van der Waals surface area contributed by atoms with Crippen molar-refractivity contribution in [3.05, 3.63) is 29.8 Å². The number of hydrogen-bond donors (Lipinski definition) is 2. The maximum absolute atomic E-state index is 12.2. The molecule has 0 saturated carbocycles. The number of hydrogen-bond acceptors (Lipinski definition) is 4. The Morgan fingerprint density at radius 1 is 1.43 bits per heavy atom. The normalized spacial score (nSPS) is 16.7. The van der Waals surface area contributed by atoms with E-state index in [2.05, 4.69) is 17.4 Å². The third kappa shape index (κ3) is 3.54. The molecule has 114 valence electrons. The van der Waals surface area contributed by atoms with Gasteiger partial charge in [-0.25, -0.2) is 0 Å². The summed E-state index contributed by atoms with van der Waals surface area (Å²) in [6, 6.07) is 7.72. The number of amides is 1. The highest BCUT2D eigenvalue weighted by atomic mass is 16.4. The Hall–Kier alpha value is -2.04. The zero-order valence-corrected chi connectivity index (χ0v) is 12.9. The van der Waals surface area contributed by atoms with Crippen LogP contribution in [-0.4, -0.2) is 35.5 Å². The van der Waals surface area contributed by atoms with Crippen LogP contribution in [0.4, 0.5) is 5.69 Å². The van der Waals surface area contributed by atoms with Gasteiger partial charge in [-0.2, -0.15) is 0 Å². The molecule has 2 rings (SSSR count). The zero-order valence-electron chi connectivity index (χ0n) is 12.9. The molecular formula is C16H23N3O2. The average Bonchev–Trinajstić information content (AvgIpc) is 2.47. The van der Waals surface area contributed by atoms with Gasteiger partial charge in [0.1, 0.15) is 0 Å². The van der Waals surface area contributed by atoms with Gasteiger partial charge in [0.25, 0.3) is 0 Å². The van der Waals surface area contributed by atoms with E-state index in [0.29, 0.717) is 25.2 Å². The minimum absolute atomic E-state index is 0.0149. The first-order chi connectivity index (χ1) is 9.96. The Bertz CT molecular complexity index is 552. The summed E-state index contributed by atoms with van der Waals surface area (Å²) in [5.41, 5.74) is 2.33. The number of nitrogens with zero attached hydrogens (tertiary/aromatic N) is 2. The van der Waals surface area contributed by atoms with E-state index >= 15 is 0 Å². The number of oxime groups is 1. The molecule has 1 heterocycles. The molecule has 0 saturated heterocycles. The van der Waals surface area contributed by atoms with Gasteiger partial charge in [-0.1, -0.05) is 30.3 Å². The smallest absolute Gasteiger partial charge is 0.239 e. The maximum atomic E-state index is 12.2. The molecule has 0 radical (unpaired) electrons. The second kappa shape index (κ2) is 6.16. The van der Waals surface area contributed by atoms with Crippen LogP contribution >= 0.6 is 0 Å². The molecule has 1 aromatic rings. The van der Waals surface area contributed by atoms with Crippen molar-refractivity contribution < 1.29 is 10.0 Å². The Labute approximate surface area is 125 Å². The fourth-order valence-electron chi connectivity index (χ4n) is 2.44. The van der Waals surface area contributed by atoms with E-state index in [1.54, 1.807) is 0 Å². The summed E-state index contributed by atoms with van der Waals surface area (Å²) in [4.78, 5) is 14.2. The fraction of sp³-hybridized carbons (Fsp3) is 0.500. The number of rotatable bonds is 4. The molecule has 2 N–H and O–H groups in total. The van der Waals surface area contributed by atoms with Crippen molar-refractivity contribution in [2.45, 2.75) is 39.2 Å². The quantitative estimate of drug-likeness (QED) is 0.660. The second-order valence-electron chi connectivity index (χ2n) is 6.02. The SMILES string of the molecule is CCC(C)(C)NC(=O)CN1CCC(=NO)c2ccccc21. The van der Waals surface area contributed by atoms with E-state index in [-0.39, 0.29) is 11.4 Å². The van der Waals surface area contributed by atoms with Crippen LogP contribution in [0.5, 0.6) is 0 Å². The standard InChI is InChI=1S/C16H23N3O2/c1-4-16(2,3)17-15(20)11-19-10-9-13(18-21)12-7-5-6-8-14(12)19/h5-8,21H,4,9-11H2,1-3H3,(H,17,20). The number of para-hydroxylation sites is 1. The lowest BCUT2D eigenvalue weighted by molar-refractivity contribution is -0.121. The Balaban J connectivity index is 2.14. The van der Waals surface area contributed by atoms with Crippen molar-refractivity contribution in [1.29, 1.82) is 0 Å². The van der Waals surface area contributed by atoms with Crippen LogP contribution in [-0.2, 0) is 4.79 Å². The molecule has 0 atom stereocenters. The molecule has 1 aromatic carbocycles. The number of anilines is 1. The summed E-state index contributed by atoms with van der Waals surface area (Å²) in [7, 11) is 0. The van der Waals surface area contributed by atoms with Gasteiger partial charge in [-0.3, -0.25) is 4.79 Å². The Morgan fingerprint density at radius 2 is 2.14 bits per heavy atom. The minimum Gasteiger partial charge on any atom is -0.411 e. The van der Waals surface area contributed by atoms with Crippen LogP contribution in [0.15, 0.2) is 29.4 Å². The number of benzene rings is 1. The van der Waals surface area contributed by atoms with E-state index in [4.69, 9.17) is 5.21 Å². The highest BCUT2D eigenvalue weighted by Gasteiger charge is 2.25. The summed E-state index contributed by atoms with van der Waals surface area (Å²) in [5.74, 6) is 0.0149. The summed E-state index contributed by atoms with van der Waals surface area (Å²) in [5, 5.41) is 15.5. The molecule has 0 bridgehead atoms. The molecule has 1 aliphatic rings. The van der Waals surface area contributed by atoms with Gasteiger partial charge in [0, 0.05) is 29.8 Å². The van der Waals surface area contributed by atoms with Crippen molar-refractivity contribution >= 4 is 17.3 Å². The van der Waals surface area contributed by atoms with E-state index in [1.807, 2.05) is 43.0 Å². The lowest BCUT2D eigenvalue weighted by Crippen LogP contribution is -2.48. The fourth-order valence-corrected chi connectivity index (χ4v) is 2.44. The third-order valence-electron chi connectivity index (χ3n) is 3.99. The largest absolute Gasteiger partial charge is 0.411 e. The molecule has 0 spiro atoms. The first kappa shape index (κ1) is 15.4. The van der Waals surface area contributed by atoms with Crippen molar-refractivity contribution in [1.82, 2.24) is 5.32 Å². The number of carbonyl (C=O) groups excluding carboxylic acids is 1. The van der Waals surface area contributed by atoms with Crippen molar-refractivity contribution in [3.63, 3.8) is 0 Å². The van der Waals surface area contributed by atoms with Crippen molar-refractivity contribution in [3.8, 4) is 0 Å². The minimum atomic E-state index is -0.190. The van der Waals surface area contributed by atoms with Gasteiger partial charge in [-0.05, 0) is 26.3 Å². The van der Waals surface area contributed by atoms with E-state index in [0.717, 1.165) is 17.7 Å². The molecule has 0 aliphatic carbocycles. The summed E-state index contributed by atoms with van der Waals surface area (Å²) < 4.78 is 0. The summed E-state index contributed by atoms with van der Waals surface area (Å²) >= 11 is 0. The van der Waals surface area contributed by atoms with Crippen LogP contribution in [0.25, 0.3) is 0 Å². The predicted octanol–water partition coefficient (Wildman–Crippen LogP) is 2.38. The van der Waals surface area contributed by atoms with Gasteiger partial charge in [0.05, 0.1) is 12.3 Å². The first-order valence-electron chi connectivity index (χ1n) is 7.33. The molecule has 21 heavy (non-hydrogen) atoms. The Morgan fingerprint density at radius 3 is 2.81 bits per heavy atom. The predicted molar refractivity (Wildman–Crippen MR) is 84.1 cm³/mol. The van der Waals surface area contributed by atoms with Crippen LogP contribution in [0.1, 0.15) is 39.2 Å². The monoisotopic (exact) mass is 289 g/mol. The lowest BCUT2D eigenvalue weighted by Gasteiger charge is -2.32. The zero-order chi connectivity index (χ0) is 15.5. The average molecular weight is 289 g/mol. The number of fused-ring (bicyclic) bond motifs is 1. The molecule has 0 fully saturated rings. The second-order valence-corrected chi connectivity index (χ2v) is 6.02. The molecule has 5 heteroatoms. The molecule has 0 unspecified atom stereocenters. The van der Waals surface area contributed by atoms with Crippen molar-refractivity contribution in [2.24, 2.45) is 5.16 Å². The summed E-state index contributed by atoms with van der Waals surface area (Å²) in [6.45, 7) is 7.09. The van der Waals surface area contributed by atoms with Gasteiger partial charge in [0.15, 0.2) is 0 Å². The number of nitrogens with one attached hydrogen (secondary N) is 1. The maximum Gasteiger partial charge on any atom is 0.239 e. The van der Waals surface area contributed by atoms with Gasteiger partial charge >= 0.3 is 0 Å². The highest BCUT2D eigenvalue weighted by molar-refractivity contribution is 6.07. The Kier molecular flexibility index (Phi) is 4.50. The highest BCUT2D eigenvalue weighted by Crippen LogP contribution is 2.26. The van der Waals surface area contributed by atoms with Crippen molar-refractivity contribution in [2.75, 3.05) is 18.0 Å². The van der Waals surface area contributed by atoms with Crippen LogP contribution in [0.2, 0.25) is 0 Å². The first-order valence-corrected chi connectivity index (χ1v) is 7.33. The topological polar surface area (TPSA) is 64.9 Å². The molecule has 0 aromatic heterocycles. The third-order valence-corrected chi connectivity index (χ3v) is 3.99. The molecule has 1 aliphatic heterocycles.